The number of aliphatic hydroxyl groups excluding tert-OH is 1. The van der Waals surface area contributed by atoms with Crippen LogP contribution in [0.3, 0.4) is 0 Å². The van der Waals surface area contributed by atoms with Crippen molar-refractivity contribution < 1.29 is 14.6 Å². The van der Waals surface area contributed by atoms with Crippen molar-refractivity contribution in [1.82, 2.24) is 4.98 Å². The number of carbonyl (C=O) groups is 1. The molecule has 2 heterocycles. The summed E-state index contributed by atoms with van der Waals surface area (Å²) in [4.78, 5) is 18.0. The quantitative estimate of drug-likeness (QED) is 0.847. The predicted octanol–water partition coefficient (Wildman–Crippen LogP) is 0.968. The molecule has 5 heteroatoms. The van der Waals surface area contributed by atoms with Gasteiger partial charge in [-0.15, -0.1) is 0 Å². The fraction of sp³-hybridized carbons (Fsp3) is 0.538. The Kier molecular flexibility index (Phi) is 2.52. The maximum atomic E-state index is 12.3. The summed E-state index contributed by atoms with van der Waals surface area (Å²) in [5.74, 6) is 1.05. The van der Waals surface area contributed by atoms with Crippen molar-refractivity contribution in [1.29, 1.82) is 0 Å². The lowest BCUT2D eigenvalue weighted by Crippen LogP contribution is -2.57. The summed E-state index contributed by atoms with van der Waals surface area (Å²) < 4.78 is 5.80. The van der Waals surface area contributed by atoms with Gasteiger partial charge in [-0.1, -0.05) is 6.42 Å². The Labute approximate surface area is 105 Å². The predicted molar refractivity (Wildman–Crippen MR) is 65.4 cm³/mol. The number of ether oxygens (including phenoxy) is 1. The molecule has 0 aromatic carbocycles. The normalized spacial score (nSPS) is 25.1. The fourth-order valence-corrected chi connectivity index (χ4v) is 2.70. The minimum absolute atomic E-state index is 0.00710. The first-order chi connectivity index (χ1) is 8.68. The molecule has 1 unspecified atom stereocenters. The van der Waals surface area contributed by atoms with Gasteiger partial charge < -0.3 is 9.84 Å². The molecule has 1 aromatic rings. The lowest BCUT2D eigenvalue weighted by molar-refractivity contribution is -0.141. The average molecular weight is 248 g/mol. The minimum Gasteiger partial charge on any atom is -0.476 e. The zero-order valence-electron chi connectivity index (χ0n) is 10.3. The number of carbonyl (C=O) groups excluding carboxylic acids is 1. The standard InChI is InChI=1S/C13H16N2O3/c1-15-11-9(4-2-7-14-11)18-10(12(15)17)13(8-16)5-3-6-13/h2,4,7,10,16H,3,5-6,8H2,1H3. The third-order valence-corrected chi connectivity index (χ3v) is 4.09. The SMILES string of the molecule is CN1C(=O)C(C2(CO)CCC2)Oc2cccnc21. The van der Waals surface area contributed by atoms with Crippen LogP contribution in [-0.4, -0.2) is 35.8 Å². The van der Waals surface area contributed by atoms with Crippen LogP contribution in [0.4, 0.5) is 5.82 Å². The van der Waals surface area contributed by atoms with E-state index in [2.05, 4.69) is 4.98 Å². The van der Waals surface area contributed by atoms with E-state index in [1.807, 2.05) is 6.07 Å². The molecule has 1 aromatic heterocycles. The minimum atomic E-state index is -0.585. The fourth-order valence-electron chi connectivity index (χ4n) is 2.70. The number of hydrogen-bond acceptors (Lipinski definition) is 4. The summed E-state index contributed by atoms with van der Waals surface area (Å²) in [6, 6.07) is 3.59. The van der Waals surface area contributed by atoms with Gasteiger partial charge in [-0.2, -0.15) is 0 Å². The van der Waals surface area contributed by atoms with E-state index in [1.54, 1.807) is 19.3 Å². The molecule has 0 spiro atoms. The molecule has 1 amide bonds. The molecule has 1 aliphatic heterocycles. The summed E-state index contributed by atoms with van der Waals surface area (Å²) in [6.07, 6.45) is 3.76. The maximum Gasteiger partial charge on any atom is 0.269 e. The first-order valence-corrected chi connectivity index (χ1v) is 6.18. The van der Waals surface area contributed by atoms with Crippen molar-refractivity contribution in [2.24, 2.45) is 5.41 Å². The largest absolute Gasteiger partial charge is 0.476 e. The maximum absolute atomic E-state index is 12.3. The topological polar surface area (TPSA) is 62.7 Å². The molecule has 5 nitrogen and oxygen atoms in total. The summed E-state index contributed by atoms with van der Waals surface area (Å²) in [5.41, 5.74) is -0.404. The van der Waals surface area contributed by atoms with Crippen molar-refractivity contribution in [3.05, 3.63) is 18.3 Å². The van der Waals surface area contributed by atoms with Crippen molar-refractivity contribution >= 4 is 11.7 Å². The molecule has 1 saturated carbocycles. The van der Waals surface area contributed by atoms with Crippen LogP contribution in [0.2, 0.25) is 0 Å². The lowest BCUT2D eigenvalue weighted by atomic mass is 9.65. The highest BCUT2D eigenvalue weighted by Gasteiger charge is 2.52. The summed E-state index contributed by atoms with van der Waals surface area (Å²) >= 11 is 0. The van der Waals surface area contributed by atoms with Gasteiger partial charge in [-0.25, -0.2) is 4.98 Å². The Morgan fingerprint density at radius 3 is 3.00 bits per heavy atom. The van der Waals surface area contributed by atoms with Crippen molar-refractivity contribution in [3.8, 4) is 5.75 Å². The average Bonchev–Trinajstić information content (AvgIpc) is 2.35. The van der Waals surface area contributed by atoms with E-state index in [0.29, 0.717) is 11.6 Å². The van der Waals surface area contributed by atoms with Gasteiger partial charge in [0.05, 0.1) is 6.61 Å². The number of aliphatic hydroxyl groups is 1. The van der Waals surface area contributed by atoms with Crippen LogP contribution in [0, 0.1) is 5.41 Å². The molecular weight excluding hydrogens is 232 g/mol. The number of amides is 1. The number of hydrogen-bond donors (Lipinski definition) is 1. The zero-order chi connectivity index (χ0) is 12.8. The van der Waals surface area contributed by atoms with E-state index >= 15 is 0 Å². The highest BCUT2D eigenvalue weighted by molar-refractivity contribution is 5.99. The molecule has 2 aliphatic rings. The van der Waals surface area contributed by atoms with Gasteiger partial charge in [-0.3, -0.25) is 9.69 Å². The highest BCUT2D eigenvalue weighted by Crippen LogP contribution is 2.47. The third kappa shape index (κ3) is 1.43. The smallest absolute Gasteiger partial charge is 0.269 e. The van der Waals surface area contributed by atoms with Crippen LogP contribution in [0.25, 0.3) is 0 Å². The molecule has 3 rings (SSSR count). The van der Waals surface area contributed by atoms with Crippen molar-refractivity contribution in [2.75, 3.05) is 18.6 Å². The molecule has 96 valence electrons. The summed E-state index contributed by atoms with van der Waals surface area (Å²) in [5, 5.41) is 9.57. The Morgan fingerprint density at radius 1 is 1.61 bits per heavy atom. The van der Waals surface area contributed by atoms with E-state index in [0.717, 1.165) is 19.3 Å². The van der Waals surface area contributed by atoms with Gasteiger partial charge in [0, 0.05) is 18.7 Å². The Balaban J connectivity index is 1.98. The molecule has 0 bridgehead atoms. The van der Waals surface area contributed by atoms with Crippen LogP contribution in [0.1, 0.15) is 19.3 Å². The zero-order valence-corrected chi connectivity index (χ0v) is 10.3. The first kappa shape index (κ1) is 11.5. The van der Waals surface area contributed by atoms with E-state index in [4.69, 9.17) is 4.74 Å². The Morgan fingerprint density at radius 2 is 2.39 bits per heavy atom. The van der Waals surface area contributed by atoms with Crippen LogP contribution in [-0.2, 0) is 4.79 Å². The van der Waals surface area contributed by atoms with Crippen LogP contribution < -0.4 is 9.64 Å². The third-order valence-electron chi connectivity index (χ3n) is 4.09. The number of pyridine rings is 1. The summed E-state index contributed by atoms with van der Waals surface area (Å²) in [7, 11) is 1.70. The van der Waals surface area contributed by atoms with Crippen LogP contribution >= 0.6 is 0 Å². The molecule has 18 heavy (non-hydrogen) atoms. The van der Waals surface area contributed by atoms with E-state index in [9.17, 15) is 9.90 Å². The van der Waals surface area contributed by atoms with Crippen LogP contribution in [0.15, 0.2) is 18.3 Å². The van der Waals surface area contributed by atoms with Gasteiger partial charge in [0.25, 0.3) is 5.91 Å². The van der Waals surface area contributed by atoms with Gasteiger partial charge in [0.2, 0.25) is 0 Å². The number of rotatable bonds is 2. The second-order valence-corrected chi connectivity index (χ2v) is 5.09. The summed E-state index contributed by atoms with van der Waals surface area (Å²) in [6.45, 7) is -0.00710. The molecule has 1 aliphatic carbocycles. The van der Waals surface area contributed by atoms with Gasteiger partial charge in [0.15, 0.2) is 17.7 Å². The number of likely N-dealkylation sites (N-methyl/N-ethyl adjacent to an activating group) is 1. The van der Waals surface area contributed by atoms with Crippen LogP contribution in [0.5, 0.6) is 5.75 Å². The molecule has 1 N–H and O–H groups in total. The molecule has 0 radical (unpaired) electrons. The Hall–Kier alpha value is -1.62. The molecule has 0 saturated heterocycles. The van der Waals surface area contributed by atoms with Gasteiger partial charge in [-0.05, 0) is 25.0 Å². The van der Waals surface area contributed by atoms with Crippen molar-refractivity contribution in [3.63, 3.8) is 0 Å². The number of nitrogens with zero attached hydrogens (tertiary/aromatic N) is 2. The monoisotopic (exact) mass is 248 g/mol. The van der Waals surface area contributed by atoms with Gasteiger partial charge >= 0.3 is 0 Å². The van der Waals surface area contributed by atoms with Crippen molar-refractivity contribution in [2.45, 2.75) is 25.4 Å². The van der Waals surface area contributed by atoms with E-state index in [-0.39, 0.29) is 12.5 Å². The Bertz CT molecular complexity index is 479. The number of anilines is 1. The molecule has 1 fully saturated rings. The number of aromatic nitrogens is 1. The second-order valence-electron chi connectivity index (χ2n) is 5.09. The molecule has 1 atom stereocenters. The number of fused-ring (bicyclic) bond motifs is 1. The second kappa shape index (κ2) is 3.95. The van der Waals surface area contributed by atoms with E-state index < -0.39 is 11.5 Å². The molecular formula is C13H16N2O3. The van der Waals surface area contributed by atoms with E-state index in [1.165, 1.54) is 4.90 Å². The highest BCUT2D eigenvalue weighted by atomic mass is 16.5. The van der Waals surface area contributed by atoms with Gasteiger partial charge in [0.1, 0.15) is 0 Å². The first-order valence-electron chi connectivity index (χ1n) is 6.18. The lowest BCUT2D eigenvalue weighted by Gasteiger charge is -2.47.